The third-order valence-electron chi connectivity index (χ3n) is 3.94. The molecule has 1 atom stereocenters. The van der Waals surface area contributed by atoms with Crippen LogP contribution in [0.4, 0.5) is 0 Å². The lowest BCUT2D eigenvalue weighted by atomic mass is 9.75. The number of halogens is 1. The van der Waals surface area contributed by atoms with E-state index in [0.717, 1.165) is 5.76 Å². The van der Waals surface area contributed by atoms with E-state index in [9.17, 15) is 0 Å². The molecule has 2 aromatic rings. The highest BCUT2D eigenvalue weighted by atomic mass is 79.9. The second kappa shape index (κ2) is 5.51. The Morgan fingerprint density at radius 1 is 1.21 bits per heavy atom. The molecule has 1 aromatic carbocycles. The Morgan fingerprint density at radius 2 is 2.00 bits per heavy atom. The van der Waals surface area contributed by atoms with Gasteiger partial charge >= 0.3 is 0 Å². The summed E-state index contributed by atoms with van der Waals surface area (Å²) in [5.74, 6) is 1.70. The van der Waals surface area contributed by atoms with E-state index in [1.54, 1.807) is 6.26 Å². The van der Waals surface area contributed by atoms with Gasteiger partial charge in [-0.15, -0.1) is 0 Å². The summed E-state index contributed by atoms with van der Waals surface area (Å²) in [6, 6.07) is 13.4. The van der Waals surface area contributed by atoms with E-state index < -0.39 is 0 Å². The fourth-order valence-electron chi connectivity index (χ4n) is 2.79. The van der Waals surface area contributed by atoms with Crippen molar-refractivity contribution in [1.82, 2.24) is 5.32 Å². The van der Waals surface area contributed by atoms with Crippen LogP contribution in [0.2, 0.25) is 0 Å². The first-order chi connectivity index (χ1) is 9.24. The maximum atomic E-state index is 5.43. The van der Waals surface area contributed by atoms with Crippen molar-refractivity contribution < 1.29 is 4.42 Å². The third-order valence-corrected chi connectivity index (χ3v) is 4.66. The van der Waals surface area contributed by atoms with Gasteiger partial charge in [0.25, 0.3) is 0 Å². The van der Waals surface area contributed by atoms with E-state index in [4.69, 9.17) is 4.42 Å². The molecule has 1 aliphatic carbocycles. The van der Waals surface area contributed by atoms with Gasteiger partial charge in [-0.25, -0.2) is 0 Å². The van der Waals surface area contributed by atoms with Crippen molar-refractivity contribution in [1.29, 1.82) is 0 Å². The van der Waals surface area contributed by atoms with Crippen LogP contribution in [0.15, 0.2) is 51.6 Å². The first kappa shape index (κ1) is 12.9. The molecule has 0 saturated heterocycles. The van der Waals surface area contributed by atoms with Gasteiger partial charge in [0.15, 0.2) is 0 Å². The minimum atomic E-state index is 0.292. The summed E-state index contributed by atoms with van der Waals surface area (Å²) >= 11 is 3.64. The van der Waals surface area contributed by atoms with Gasteiger partial charge < -0.3 is 9.73 Å². The predicted molar refractivity (Wildman–Crippen MR) is 80.2 cm³/mol. The number of hydrogen-bond donors (Lipinski definition) is 1. The second-order valence-electron chi connectivity index (χ2n) is 5.29. The van der Waals surface area contributed by atoms with Gasteiger partial charge in [-0.1, -0.05) is 34.1 Å². The normalized spacial score (nSPS) is 23.9. The maximum absolute atomic E-state index is 5.43. The van der Waals surface area contributed by atoms with Crippen LogP contribution in [0.1, 0.15) is 43.0 Å². The summed E-state index contributed by atoms with van der Waals surface area (Å²) in [6.45, 7) is 2.16. The Hall–Kier alpha value is -1.06. The highest BCUT2D eigenvalue weighted by Gasteiger charge is 2.32. The molecule has 19 heavy (non-hydrogen) atoms. The zero-order valence-electron chi connectivity index (χ0n) is 11.0. The SMILES string of the molecule is C[C@@H](NC1CC(c2ccccc2Br)C1)c1ccco1. The fourth-order valence-corrected chi connectivity index (χ4v) is 3.40. The molecule has 3 heteroatoms. The van der Waals surface area contributed by atoms with Crippen molar-refractivity contribution in [3.8, 4) is 0 Å². The van der Waals surface area contributed by atoms with Crippen LogP contribution in [0.25, 0.3) is 0 Å². The average Bonchev–Trinajstić information content (AvgIpc) is 2.88. The van der Waals surface area contributed by atoms with Gasteiger partial charge in [0.1, 0.15) is 5.76 Å². The lowest BCUT2D eigenvalue weighted by Gasteiger charge is -2.38. The van der Waals surface area contributed by atoms with Crippen LogP contribution < -0.4 is 5.32 Å². The van der Waals surface area contributed by atoms with Crippen LogP contribution in [0.3, 0.4) is 0 Å². The summed E-state index contributed by atoms with van der Waals surface area (Å²) < 4.78 is 6.66. The molecular weight excluding hydrogens is 302 g/mol. The number of hydrogen-bond acceptors (Lipinski definition) is 2. The molecule has 0 bridgehead atoms. The van der Waals surface area contributed by atoms with Crippen molar-refractivity contribution >= 4 is 15.9 Å². The van der Waals surface area contributed by atoms with Crippen molar-refractivity contribution in [3.63, 3.8) is 0 Å². The first-order valence-electron chi connectivity index (χ1n) is 6.78. The highest BCUT2D eigenvalue weighted by Crippen LogP contribution is 2.40. The number of furan rings is 1. The summed E-state index contributed by atoms with van der Waals surface area (Å²) in [6.07, 6.45) is 4.14. The average molecular weight is 320 g/mol. The largest absolute Gasteiger partial charge is 0.468 e. The molecule has 2 nitrogen and oxygen atoms in total. The minimum Gasteiger partial charge on any atom is -0.468 e. The molecule has 1 saturated carbocycles. The highest BCUT2D eigenvalue weighted by molar-refractivity contribution is 9.10. The third kappa shape index (κ3) is 2.77. The Kier molecular flexibility index (Phi) is 3.76. The molecule has 0 unspecified atom stereocenters. The molecule has 0 amide bonds. The van der Waals surface area contributed by atoms with Gasteiger partial charge in [0.2, 0.25) is 0 Å². The topological polar surface area (TPSA) is 25.2 Å². The van der Waals surface area contributed by atoms with Gasteiger partial charge in [-0.05, 0) is 49.4 Å². The van der Waals surface area contributed by atoms with Crippen LogP contribution in [0, 0.1) is 0 Å². The minimum absolute atomic E-state index is 0.292. The molecule has 0 aliphatic heterocycles. The van der Waals surface area contributed by atoms with Crippen LogP contribution in [-0.2, 0) is 0 Å². The van der Waals surface area contributed by atoms with Gasteiger partial charge in [0.05, 0.1) is 12.3 Å². The van der Waals surface area contributed by atoms with E-state index in [-0.39, 0.29) is 0 Å². The zero-order chi connectivity index (χ0) is 13.2. The van der Waals surface area contributed by atoms with Crippen LogP contribution in [0.5, 0.6) is 0 Å². The smallest absolute Gasteiger partial charge is 0.120 e. The Balaban J connectivity index is 1.55. The quantitative estimate of drug-likeness (QED) is 0.888. The van der Waals surface area contributed by atoms with Gasteiger partial charge in [-0.2, -0.15) is 0 Å². The van der Waals surface area contributed by atoms with Gasteiger partial charge in [0, 0.05) is 10.5 Å². The van der Waals surface area contributed by atoms with Crippen molar-refractivity contribution in [2.45, 2.75) is 37.8 Å². The Labute approximate surface area is 122 Å². The van der Waals surface area contributed by atoms with E-state index in [1.165, 1.54) is 22.9 Å². The number of nitrogens with one attached hydrogen (secondary N) is 1. The lowest BCUT2D eigenvalue weighted by molar-refractivity contribution is 0.258. The molecular formula is C16H18BrNO. The fraction of sp³-hybridized carbons (Fsp3) is 0.375. The molecule has 1 heterocycles. The molecule has 1 N–H and O–H groups in total. The number of rotatable bonds is 4. The second-order valence-corrected chi connectivity index (χ2v) is 6.14. The van der Waals surface area contributed by atoms with E-state index >= 15 is 0 Å². The van der Waals surface area contributed by atoms with Crippen LogP contribution in [-0.4, -0.2) is 6.04 Å². The molecule has 100 valence electrons. The summed E-state index contributed by atoms with van der Waals surface area (Å²) in [5, 5.41) is 3.63. The van der Waals surface area contributed by atoms with Crippen LogP contribution >= 0.6 is 15.9 Å². The molecule has 1 fully saturated rings. The van der Waals surface area contributed by atoms with Crippen molar-refractivity contribution in [2.75, 3.05) is 0 Å². The molecule has 1 aromatic heterocycles. The van der Waals surface area contributed by atoms with Crippen molar-refractivity contribution in [3.05, 3.63) is 58.5 Å². The summed E-state index contributed by atoms with van der Waals surface area (Å²) in [7, 11) is 0. The molecule has 1 aliphatic rings. The molecule has 3 rings (SSSR count). The Bertz CT molecular complexity index is 531. The van der Waals surface area contributed by atoms with Gasteiger partial charge in [-0.3, -0.25) is 0 Å². The monoisotopic (exact) mass is 319 g/mol. The maximum Gasteiger partial charge on any atom is 0.120 e. The molecule has 0 spiro atoms. The Morgan fingerprint density at radius 3 is 2.68 bits per heavy atom. The summed E-state index contributed by atoms with van der Waals surface area (Å²) in [5.41, 5.74) is 1.44. The predicted octanol–water partition coefficient (Wildman–Crippen LogP) is 4.64. The first-order valence-corrected chi connectivity index (χ1v) is 7.57. The van der Waals surface area contributed by atoms with E-state index in [0.29, 0.717) is 18.0 Å². The van der Waals surface area contributed by atoms with E-state index in [1.807, 2.05) is 12.1 Å². The zero-order valence-corrected chi connectivity index (χ0v) is 12.6. The van der Waals surface area contributed by atoms with E-state index in [2.05, 4.69) is 52.4 Å². The molecule has 0 radical (unpaired) electrons. The lowest BCUT2D eigenvalue weighted by Crippen LogP contribution is -2.41. The number of benzene rings is 1. The standard InChI is InChI=1S/C16H18BrNO/c1-11(16-7-4-8-19-16)18-13-9-12(10-13)14-5-2-3-6-15(14)17/h2-8,11-13,18H,9-10H2,1H3/t11-,12?,13?/m1/s1. The van der Waals surface area contributed by atoms with Crippen molar-refractivity contribution in [2.24, 2.45) is 0 Å². The summed E-state index contributed by atoms with van der Waals surface area (Å²) in [4.78, 5) is 0.